The Labute approximate surface area is 173 Å². The van der Waals surface area contributed by atoms with Gasteiger partial charge in [0, 0.05) is 25.5 Å². The van der Waals surface area contributed by atoms with E-state index in [1.807, 2.05) is 29.1 Å². The van der Waals surface area contributed by atoms with E-state index in [0.29, 0.717) is 6.54 Å². The third-order valence-corrected chi connectivity index (χ3v) is 4.84. The van der Waals surface area contributed by atoms with Crippen LogP contribution in [0, 0.1) is 0 Å². The fourth-order valence-corrected chi connectivity index (χ4v) is 3.49. The highest BCUT2D eigenvalue weighted by molar-refractivity contribution is 5.85. The number of rotatable bonds is 6. The Hall–Kier alpha value is -1.60. The van der Waals surface area contributed by atoms with E-state index < -0.39 is 5.54 Å². The number of hydrogen-bond donors (Lipinski definition) is 2. The van der Waals surface area contributed by atoms with Crippen molar-refractivity contribution in [1.29, 1.82) is 0 Å². The average Bonchev–Trinajstić information content (AvgIpc) is 3.16. The molecule has 0 bridgehead atoms. The van der Waals surface area contributed by atoms with Gasteiger partial charge in [-0.3, -0.25) is 9.48 Å². The second-order valence-corrected chi connectivity index (χ2v) is 6.92. The summed E-state index contributed by atoms with van der Waals surface area (Å²) in [5.74, 6) is 0.0531. The number of carbonyl (C=O) groups is 1. The minimum Gasteiger partial charge on any atom is -0.350 e. The molecule has 1 aromatic carbocycles. The van der Waals surface area contributed by atoms with Crippen molar-refractivity contribution in [3.63, 3.8) is 0 Å². The van der Waals surface area contributed by atoms with E-state index >= 15 is 0 Å². The summed E-state index contributed by atoms with van der Waals surface area (Å²) in [6.45, 7) is 3.05. The van der Waals surface area contributed by atoms with Crippen molar-refractivity contribution >= 4 is 30.7 Å². The van der Waals surface area contributed by atoms with E-state index in [0.717, 1.165) is 38.0 Å². The summed E-state index contributed by atoms with van der Waals surface area (Å²) in [6.07, 6.45) is 5.13. The van der Waals surface area contributed by atoms with Crippen LogP contribution >= 0.6 is 24.8 Å². The molecule has 2 aromatic rings. The Morgan fingerprint density at radius 2 is 1.85 bits per heavy atom. The Bertz CT molecular complexity index is 700. The first-order valence-corrected chi connectivity index (χ1v) is 8.82. The third-order valence-electron chi connectivity index (χ3n) is 4.84. The molecule has 0 atom stereocenters. The molecule has 0 aliphatic carbocycles. The van der Waals surface area contributed by atoms with Crippen LogP contribution in [0.1, 0.15) is 24.0 Å². The number of nitrogens with one attached hydrogen (secondary N) is 2. The summed E-state index contributed by atoms with van der Waals surface area (Å²) in [7, 11) is 4.11. The maximum absolute atomic E-state index is 13.1. The summed E-state index contributed by atoms with van der Waals surface area (Å²) in [5.41, 5.74) is 1.81. The van der Waals surface area contributed by atoms with Crippen molar-refractivity contribution in [1.82, 2.24) is 25.3 Å². The van der Waals surface area contributed by atoms with Gasteiger partial charge in [-0.1, -0.05) is 24.3 Å². The number of halogens is 2. The monoisotopic (exact) mass is 413 g/mol. The molecule has 1 amide bonds. The first-order chi connectivity index (χ1) is 12.1. The Kier molecular flexibility index (Phi) is 9.26. The Balaban J connectivity index is 0.00000182. The average molecular weight is 414 g/mol. The fourth-order valence-electron chi connectivity index (χ4n) is 3.49. The largest absolute Gasteiger partial charge is 0.350 e. The highest BCUT2D eigenvalue weighted by Crippen LogP contribution is 2.27. The first-order valence-electron chi connectivity index (χ1n) is 8.82. The van der Waals surface area contributed by atoms with E-state index in [1.165, 1.54) is 5.56 Å². The lowest BCUT2D eigenvalue weighted by Gasteiger charge is -2.36. The molecular formula is C19H29Cl2N5O. The van der Waals surface area contributed by atoms with Gasteiger partial charge in [0.2, 0.25) is 5.91 Å². The maximum atomic E-state index is 13.1. The number of aromatic nitrogens is 2. The minimum absolute atomic E-state index is 0. The van der Waals surface area contributed by atoms with Crippen LogP contribution in [-0.4, -0.2) is 47.8 Å². The van der Waals surface area contributed by atoms with Crippen molar-refractivity contribution in [2.75, 3.05) is 27.2 Å². The second-order valence-electron chi connectivity index (χ2n) is 6.92. The molecule has 0 unspecified atom stereocenters. The van der Waals surface area contributed by atoms with Gasteiger partial charge < -0.3 is 15.5 Å². The summed E-state index contributed by atoms with van der Waals surface area (Å²) in [5, 5.41) is 10.9. The lowest BCUT2D eigenvalue weighted by molar-refractivity contribution is -0.132. The molecule has 6 nitrogen and oxygen atoms in total. The van der Waals surface area contributed by atoms with Crippen molar-refractivity contribution < 1.29 is 4.79 Å². The molecule has 2 N–H and O–H groups in total. The quantitative estimate of drug-likeness (QED) is 0.761. The van der Waals surface area contributed by atoms with Crippen LogP contribution in [-0.2, 0) is 23.4 Å². The van der Waals surface area contributed by atoms with Crippen LogP contribution < -0.4 is 10.6 Å². The normalized spacial score (nSPS) is 15.5. The first kappa shape index (κ1) is 23.4. The molecule has 150 valence electrons. The Morgan fingerprint density at radius 1 is 1.19 bits per heavy atom. The van der Waals surface area contributed by atoms with Crippen molar-refractivity contribution in [2.45, 2.75) is 31.5 Å². The number of carbonyl (C=O) groups excluding carboxylic acids is 1. The van der Waals surface area contributed by atoms with Gasteiger partial charge in [0.05, 0.1) is 0 Å². The van der Waals surface area contributed by atoms with E-state index in [-0.39, 0.29) is 30.7 Å². The molecule has 0 spiro atoms. The summed E-state index contributed by atoms with van der Waals surface area (Å²) >= 11 is 0. The zero-order valence-electron chi connectivity index (χ0n) is 15.9. The highest BCUT2D eigenvalue weighted by Gasteiger charge is 2.41. The zero-order chi connectivity index (χ0) is 17.7. The summed E-state index contributed by atoms with van der Waals surface area (Å²) in [6, 6.07) is 10.2. The van der Waals surface area contributed by atoms with Crippen LogP contribution in [0.4, 0.5) is 0 Å². The summed E-state index contributed by atoms with van der Waals surface area (Å²) < 4.78 is 1.83. The van der Waals surface area contributed by atoms with E-state index in [2.05, 4.69) is 46.9 Å². The smallest absolute Gasteiger partial charge is 0.248 e. The molecular weight excluding hydrogens is 385 g/mol. The molecule has 1 aliphatic heterocycles. The van der Waals surface area contributed by atoms with Gasteiger partial charge in [-0.2, -0.15) is 5.10 Å². The van der Waals surface area contributed by atoms with Crippen LogP contribution in [0.3, 0.4) is 0 Å². The SMILES string of the molecule is CN(C)Cc1ccccc1CNC(=O)C1(n2cccn2)CCNCC1.Cl.Cl. The van der Waals surface area contributed by atoms with Gasteiger partial charge in [-0.05, 0) is 57.2 Å². The molecule has 8 heteroatoms. The number of hydrogen-bond acceptors (Lipinski definition) is 4. The highest BCUT2D eigenvalue weighted by atomic mass is 35.5. The van der Waals surface area contributed by atoms with Crippen molar-refractivity contribution in [3.05, 3.63) is 53.9 Å². The van der Waals surface area contributed by atoms with Gasteiger partial charge >= 0.3 is 0 Å². The molecule has 27 heavy (non-hydrogen) atoms. The Morgan fingerprint density at radius 3 is 2.44 bits per heavy atom. The van der Waals surface area contributed by atoms with E-state index in [1.54, 1.807) is 6.20 Å². The predicted molar refractivity (Wildman–Crippen MR) is 112 cm³/mol. The van der Waals surface area contributed by atoms with Crippen LogP contribution in [0.15, 0.2) is 42.7 Å². The van der Waals surface area contributed by atoms with Crippen molar-refractivity contribution in [3.8, 4) is 0 Å². The van der Waals surface area contributed by atoms with Gasteiger partial charge in [0.15, 0.2) is 0 Å². The van der Waals surface area contributed by atoms with E-state index in [4.69, 9.17) is 0 Å². The lowest BCUT2D eigenvalue weighted by Crippen LogP contribution is -2.54. The molecule has 0 radical (unpaired) electrons. The fraction of sp³-hybridized carbons (Fsp3) is 0.474. The maximum Gasteiger partial charge on any atom is 0.248 e. The second kappa shape index (κ2) is 10.7. The third kappa shape index (κ3) is 5.45. The number of nitrogens with zero attached hydrogens (tertiary/aromatic N) is 3. The van der Waals surface area contributed by atoms with Gasteiger partial charge in [0.25, 0.3) is 0 Å². The van der Waals surface area contributed by atoms with Gasteiger partial charge in [-0.25, -0.2) is 0 Å². The van der Waals surface area contributed by atoms with Crippen LogP contribution in [0.5, 0.6) is 0 Å². The van der Waals surface area contributed by atoms with Crippen molar-refractivity contribution in [2.24, 2.45) is 0 Å². The molecule has 1 aliphatic rings. The molecule has 3 rings (SSSR count). The van der Waals surface area contributed by atoms with Crippen LogP contribution in [0.25, 0.3) is 0 Å². The standard InChI is InChI=1S/C19H27N5O.2ClH/c1-23(2)15-17-7-4-3-6-16(17)14-21-18(25)19(8-11-20-12-9-19)24-13-5-10-22-24;;/h3-7,10,13,20H,8-9,11-12,14-15H2,1-2H3,(H,21,25);2*1H. The number of amides is 1. The lowest BCUT2D eigenvalue weighted by atomic mass is 9.87. The number of piperidine rings is 1. The van der Waals surface area contributed by atoms with Gasteiger partial charge in [-0.15, -0.1) is 24.8 Å². The minimum atomic E-state index is -0.592. The summed E-state index contributed by atoms with van der Waals surface area (Å²) in [4.78, 5) is 15.3. The number of benzene rings is 1. The van der Waals surface area contributed by atoms with Crippen LogP contribution in [0.2, 0.25) is 0 Å². The van der Waals surface area contributed by atoms with Gasteiger partial charge in [0.1, 0.15) is 5.54 Å². The molecule has 1 saturated heterocycles. The molecule has 1 fully saturated rings. The molecule has 2 heterocycles. The predicted octanol–water partition coefficient (Wildman–Crippen LogP) is 2.18. The topological polar surface area (TPSA) is 62.2 Å². The molecule has 0 saturated carbocycles. The molecule has 1 aromatic heterocycles. The zero-order valence-corrected chi connectivity index (χ0v) is 17.5. The van der Waals surface area contributed by atoms with E-state index in [9.17, 15) is 4.79 Å².